The maximum Gasteiger partial charge on any atom is 0.0208 e. The molecule has 0 bridgehead atoms. The van der Waals surface area contributed by atoms with Crippen molar-refractivity contribution in [1.82, 2.24) is 5.32 Å². The van der Waals surface area contributed by atoms with Crippen LogP contribution in [-0.2, 0) is 6.54 Å². The summed E-state index contributed by atoms with van der Waals surface area (Å²) >= 11 is 2.10. The topological polar surface area (TPSA) is 12.0 Å². The molecule has 1 aromatic carbocycles. The average Bonchev–Trinajstić information content (AvgIpc) is 3.26. The van der Waals surface area contributed by atoms with Crippen molar-refractivity contribution in [2.24, 2.45) is 11.8 Å². The zero-order valence-corrected chi connectivity index (χ0v) is 13.6. The van der Waals surface area contributed by atoms with Gasteiger partial charge in [-0.1, -0.05) is 26.0 Å². The molecule has 0 aromatic heterocycles. The molecular weight excluding hydrogens is 262 g/mol. The standard InChI is InChI=1S/C18H27NS/c1-13-3-8-18(11-14(13)2)20-17-9-4-15(5-10-17)12-19-16-6-7-16/h4-5,9-10,13-14,16,18-19H,3,6-8,11-12H2,1-2H3. The van der Waals surface area contributed by atoms with E-state index in [1.807, 2.05) is 0 Å². The Bertz CT molecular complexity index is 424. The van der Waals surface area contributed by atoms with Gasteiger partial charge in [0.2, 0.25) is 0 Å². The van der Waals surface area contributed by atoms with Gasteiger partial charge in [-0.25, -0.2) is 0 Å². The molecule has 1 aromatic rings. The van der Waals surface area contributed by atoms with E-state index in [0.29, 0.717) is 0 Å². The molecule has 2 aliphatic rings. The zero-order chi connectivity index (χ0) is 13.9. The molecule has 1 nitrogen and oxygen atoms in total. The molecule has 20 heavy (non-hydrogen) atoms. The first kappa shape index (κ1) is 14.5. The normalized spacial score (nSPS) is 30.4. The minimum Gasteiger partial charge on any atom is -0.310 e. The highest BCUT2D eigenvalue weighted by Crippen LogP contribution is 2.38. The summed E-state index contributed by atoms with van der Waals surface area (Å²) in [6, 6.07) is 10.0. The first-order chi connectivity index (χ1) is 9.70. The molecular formula is C18H27NS. The molecule has 0 aliphatic heterocycles. The predicted octanol–water partition coefficient (Wildman–Crippen LogP) is 4.86. The summed E-state index contributed by atoms with van der Waals surface area (Å²) in [7, 11) is 0. The van der Waals surface area contributed by atoms with Crippen LogP contribution in [0.4, 0.5) is 0 Å². The lowest BCUT2D eigenvalue weighted by Gasteiger charge is -2.31. The van der Waals surface area contributed by atoms with E-state index in [0.717, 1.165) is 29.7 Å². The van der Waals surface area contributed by atoms with Gasteiger partial charge in [-0.2, -0.15) is 0 Å². The smallest absolute Gasteiger partial charge is 0.0208 e. The molecule has 0 radical (unpaired) electrons. The van der Waals surface area contributed by atoms with Gasteiger partial charge in [0.1, 0.15) is 0 Å². The van der Waals surface area contributed by atoms with Crippen LogP contribution in [0, 0.1) is 11.8 Å². The van der Waals surface area contributed by atoms with E-state index in [1.165, 1.54) is 42.6 Å². The highest BCUT2D eigenvalue weighted by Gasteiger charge is 2.25. The molecule has 2 fully saturated rings. The fourth-order valence-corrected chi connectivity index (χ4v) is 4.36. The van der Waals surface area contributed by atoms with E-state index in [9.17, 15) is 0 Å². The number of hydrogen-bond donors (Lipinski definition) is 1. The van der Waals surface area contributed by atoms with Gasteiger partial charge in [-0.15, -0.1) is 11.8 Å². The average molecular weight is 289 g/mol. The fourth-order valence-electron chi connectivity index (χ4n) is 3.03. The Kier molecular flexibility index (Phi) is 4.72. The molecule has 2 aliphatic carbocycles. The lowest BCUT2D eigenvalue weighted by molar-refractivity contribution is 0.283. The van der Waals surface area contributed by atoms with Crippen LogP contribution in [0.2, 0.25) is 0 Å². The molecule has 3 rings (SSSR count). The minimum absolute atomic E-state index is 0.801. The molecule has 110 valence electrons. The lowest BCUT2D eigenvalue weighted by atomic mass is 9.81. The maximum atomic E-state index is 3.58. The van der Waals surface area contributed by atoms with Crippen molar-refractivity contribution < 1.29 is 0 Å². The molecule has 0 spiro atoms. The monoisotopic (exact) mass is 289 g/mol. The summed E-state index contributed by atoms with van der Waals surface area (Å²) in [4.78, 5) is 1.45. The van der Waals surface area contributed by atoms with Crippen LogP contribution in [0.3, 0.4) is 0 Å². The highest BCUT2D eigenvalue weighted by molar-refractivity contribution is 8.00. The summed E-state index contributed by atoms with van der Waals surface area (Å²) in [5.41, 5.74) is 1.42. The van der Waals surface area contributed by atoms with Crippen molar-refractivity contribution in [3.8, 4) is 0 Å². The van der Waals surface area contributed by atoms with E-state index in [4.69, 9.17) is 0 Å². The fraction of sp³-hybridized carbons (Fsp3) is 0.667. The third-order valence-corrected chi connectivity index (χ3v) is 6.25. The third-order valence-electron chi connectivity index (χ3n) is 4.95. The van der Waals surface area contributed by atoms with Crippen molar-refractivity contribution in [3.63, 3.8) is 0 Å². The Balaban J connectivity index is 1.49. The second kappa shape index (κ2) is 6.53. The largest absolute Gasteiger partial charge is 0.310 e. The number of thioether (sulfide) groups is 1. The second-order valence-corrected chi connectivity index (χ2v) is 8.18. The Morgan fingerprint density at radius 2 is 1.75 bits per heavy atom. The summed E-state index contributed by atoms with van der Waals surface area (Å²) in [5, 5.41) is 4.41. The Hall–Kier alpha value is -0.470. The number of benzene rings is 1. The third kappa shape index (κ3) is 4.02. The van der Waals surface area contributed by atoms with E-state index in [-0.39, 0.29) is 0 Å². The molecule has 3 unspecified atom stereocenters. The van der Waals surface area contributed by atoms with Gasteiger partial charge < -0.3 is 5.32 Å². The predicted molar refractivity (Wildman–Crippen MR) is 88.1 cm³/mol. The van der Waals surface area contributed by atoms with Crippen molar-refractivity contribution in [2.75, 3.05) is 0 Å². The van der Waals surface area contributed by atoms with Crippen molar-refractivity contribution in [3.05, 3.63) is 29.8 Å². The first-order valence-corrected chi connectivity index (χ1v) is 9.07. The maximum absolute atomic E-state index is 3.58. The van der Waals surface area contributed by atoms with E-state index < -0.39 is 0 Å². The van der Waals surface area contributed by atoms with Gasteiger partial charge in [-0.05, 0) is 61.6 Å². The Morgan fingerprint density at radius 1 is 1.00 bits per heavy atom. The van der Waals surface area contributed by atoms with Crippen molar-refractivity contribution in [1.29, 1.82) is 0 Å². The number of nitrogens with one attached hydrogen (secondary N) is 1. The summed E-state index contributed by atoms with van der Waals surface area (Å²) in [5.74, 6) is 1.81. The van der Waals surface area contributed by atoms with Crippen LogP contribution in [-0.4, -0.2) is 11.3 Å². The highest BCUT2D eigenvalue weighted by atomic mass is 32.2. The van der Waals surface area contributed by atoms with Crippen LogP contribution in [0.1, 0.15) is 51.5 Å². The van der Waals surface area contributed by atoms with Crippen LogP contribution >= 0.6 is 11.8 Å². The summed E-state index contributed by atoms with van der Waals surface area (Å²) < 4.78 is 0. The Morgan fingerprint density at radius 3 is 2.40 bits per heavy atom. The summed E-state index contributed by atoms with van der Waals surface area (Å²) in [6.45, 7) is 5.87. The number of rotatable bonds is 5. The van der Waals surface area contributed by atoms with Gasteiger partial charge in [-0.3, -0.25) is 0 Å². The van der Waals surface area contributed by atoms with Crippen LogP contribution in [0.25, 0.3) is 0 Å². The number of hydrogen-bond acceptors (Lipinski definition) is 2. The Labute approximate surface area is 127 Å². The van der Waals surface area contributed by atoms with Gasteiger partial charge in [0.05, 0.1) is 0 Å². The van der Waals surface area contributed by atoms with E-state index >= 15 is 0 Å². The quantitative estimate of drug-likeness (QED) is 0.831. The van der Waals surface area contributed by atoms with Crippen LogP contribution in [0.5, 0.6) is 0 Å². The minimum atomic E-state index is 0.801. The molecule has 1 N–H and O–H groups in total. The van der Waals surface area contributed by atoms with Crippen LogP contribution < -0.4 is 5.32 Å². The molecule has 0 saturated heterocycles. The summed E-state index contributed by atoms with van der Waals surface area (Å²) in [6.07, 6.45) is 6.92. The van der Waals surface area contributed by atoms with Gasteiger partial charge in [0.15, 0.2) is 0 Å². The molecule has 0 amide bonds. The zero-order valence-electron chi connectivity index (χ0n) is 12.8. The van der Waals surface area contributed by atoms with Gasteiger partial charge in [0, 0.05) is 22.7 Å². The molecule has 3 atom stereocenters. The molecule has 2 heteroatoms. The lowest BCUT2D eigenvalue weighted by Crippen LogP contribution is -2.22. The van der Waals surface area contributed by atoms with Gasteiger partial charge in [0.25, 0.3) is 0 Å². The first-order valence-electron chi connectivity index (χ1n) is 8.19. The molecule has 0 heterocycles. The van der Waals surface area contributed by atoms with Gasteiger partial charge >= 0.3 is 0 Å². The van der Waals surface area contributed by atoms with Crippen molar-refractivity contribution in [2.45, 2.75) is 68.7 Å². The SMILES string of the molecule is CC1CCC(Sc2ccc(CNC3CC3)cc2)CC1C. The second-order valence-electron chi connectivity index (χ2n) is 6.81. The van der Waals surface area contributed by atoms with Crippen molar-refractivity contribution >= 4 is 11.8 Å². The van der Waals surface area contributed by atoms with E-state index in [1.54, 1.807) is 0 Å². The molecule has 2 saturated carbocycles. The van der Waals surface area contributed by atoms with E-state index in [2.05, 4.69) is 55.2 Å². The van der Waals surface area contributed by atoms with Crippen LogP contribution in [0.15, 0.2) is 29.2 Å².